The topological polar surface area (TPSA) is 46.2 Å². The molecule has 6 heteroatoms. The highest BCUT2D eigenvalue weighted by molar-refractivity contribution is 9.10. The van der Waals surface area contributed by atoms with Gasteiger partial charge in [0, 0.05) is 34.4 Å². The van der Waals surface area contributed by atoms with Gasteiger partial charge < -0.3 is 5.32 Å². The number of benzene rings is 1. The molecule has 17 heavy (non-hydrogen) atoms. The molecular weight excluding hydrogens is 309 g/mol. The van der Waals surface area contributed by atoms with Crippen LogP contribution in [0, 0.1) is 5.82 Å². The molecule has 0 fully saturated rings. The van der Waals surface area contributed by atoms with Crippen molar-refractivity contribution in [2.45, 2.75) is 12.2 Å². The third-order valence-electron chi connectivity index (χ3n) is 2.30. The van der Waals surface area contributed by atoms with Gasteiger partial charge in [0.1, 0.15) is 5.82 Å². The van der Waals surface area contributed by atoms with Crippen molar-refractivity contribution in [3.63, 3.8) is 0 Å². The molecule has 0 aromatic heterocycles. The highest BCUT2D eigenvalue weighted by Crippen LogP contribution is 2.16. The highest BCUT2D eigenvalue weighted by atomic mass is 79.9. The van der Waals surface area contributed by atoms with Crippen molar-refractivity contribution in [1.82, 2.24) is 5.32 Å². The van der Waals surface area contributed by atoms with Crippen molar-refractivity contribution in [2.24, 2.45) is 0 Å². The largest absolute Gasteiger partial charge is 0.351 e. The minimum Gasteiger partial charge on any atom is -0.351 e. The summed E-state index contributed by atoms with van der Waals surface area (Å²) in [6.07, 6.45) is 1.59. The predicted octanol–water partition coefficient (Wildman–Crippen LogP) is 2.08. The number of carbonyl (C=O) groups excluding carboxylic acids is 1. The van der Waals surface area contributed by atoms with Gasteiger partial charge in [-0.15, -0.1) is 0 Å². The lowest BCUT2D eigenvalue weighted by atomic mass is 10.2. The first-order valence-electron chi connectivity index (χ1n) is 4.97. The molecule has 0 aliphatic rings. The van der Waals surface area contributed by atoms with Crippen molar-refractivity contribution in [2.75, 3.05) is 12.8 Å². The Balaban J connectivity index is 2.64. The van der Waals surface area contributed by atoms with Crippen LogP contribution in [0.15, 0.2) is 22.7 Å². The van der Waals surface area contributed by atoms with E-state index in [0.717, 1.165) is 0 Å². The van der Waals surface area contributed by atoms with Gasteiger partial charge in [-0.05, 0) is 41.1 Å². The van der Waals surface area contributed by atoms with Crippen molar-refractivity contribution in [3.05, 3.63) is 34.1 Å². The second kappa shape index (κ2) is 6.26. The van der Waals surface area contributed by atoms with Gasteiger partial charge >= 0.3 is 0 Å². The zero-order valence-electron chi connectivity index (χ0n) is 9.50. The summed E-state index contributed by atoms with van der Waals surface area (Å²) >= 11 is 3.01. The molecule has 1 aromatic rings. The molecule has 0 heterocycles. The Morgan fingerprint density at radius 3 is 2.76 bits per heavy atom. The first-order chi connectivity index (χ1) is 7.91. The minimum atomic E-state index is -0.975. The average Bonchev–Trinajstić information content (AvgIpc) is 2.28. The van der Waals surface area contributed by atoms with Gasteiger partial charge in [0.05, 0.1) is 4.47 Å². The Labute approximate surface area is 110 Å². The number of hydrogen-bond acceptors (Lipinski definition) is 2. The molecule has 1 aromatic carbocycles. The van der Waals surface area contributed by atoms with E-state index in [1.54, 1.807) is 13.2 Å². The average molecular weight is 322 g/mol. The Morgan fingerprint density at radius 2 is 2.24 bits per heavy atom. The number of halogens is 2. The number of hydrogen-bond donors (Lipinski definition) is 1. The van der Waals surface area contributed by atoms with Gasteiger partial charge in [0.2, 0.25) is 0 Å². The number of nitrogens with one attached hydrogen (secondary N) is 1. The first-order valence-corrected chi connectivity index (χ1v) is 7.38. The second-order valence-electron chi connectivity index (χ2n) is 3.65. The Kier molecular flexibility index (Phi) is 5.27. The summed E-state index contributed by atoms with van der Waals surface area (Å²) in [5.41, 5.74) is 0.368. The van der Waals surface area contributed by atoms with Crippen molar-refractivity contribution >= 4 is 32.6 Å². The van der Waals surface area contributed by atoms with Crippen LogP contribution in [0.3, 0.4) is 0 Å². The minimum absolute atomic E-state index is 0.108. The van der Waals surface area contributed by atoms with Crippen molar-refractivity contribution < 1.29 is 13.4 Å². The van der Waals surface area contributed by atoms with E-state index in [1.807, 2.05) is 0 Å². The molecular formula is C11H13BrFNO2S. The number of carbonyl (C=O) groups is 1. The van der Waals surface area contributed by atoms with E-state index in [9.17, 15) is 13.4 Å². The van der Waals surface area contributed by atoms with Gasteiger partial charge in [-0.25, -0.2) is 4.39 Å². The summed E-state index contributed by atoms with van der Waals surface area (Å²) in [4.78, 5) is 11.7. The molecule has 0 saturated heterocycles. The van der Waals surface area contributed by atoms with Crippen LogP contribution in [0.4, 0.5) is 4.39 Å². The van der Waals surface area contributed by atoms with Gasteiger partial charge in [-0.2, -0.15) is 0 Å². The Bertz CT molecular complexity index is 453. The molecule has 0 radical (unpaired) electrons. The third-order valence-corrected chi connectivity index (χ3v) is 4.21. The van der Waals surface area contributed by atoms with Crippen LogP contribution >= 0.6 is 15.9 Å². The quantitative estimate of drug-likeness (QED) is 0.923. The molecule has 0 aliphatic heterocycles. The Morgan fingerprint density at radius 1 is 1.59 bits per heavy atom. The molecule has 0 bridgehead atoms. The molecule has 2 unspecified atom stereocenters. The van der Waals surface area contributed by atoms with Crippen LogP contribution < -0.4 is 5.32 Å². The number of amides is 1. The van der Waals surface area contributed by atoms with Gasteiger partial charge in [-0.1, -0.05) is 0 Å². The molecule has 1 N–H and O–H groups in total. The summed E-state index contributed by atoms with van der Waals surface area (Å²) in [5, 5.41) is 2.54. The lowest BCUT2D eigenvalue weighted by Crippen LogP contribution is -2.32. The Hall–Kier alpha value is -0.750. The predicted molar refractivity (Wildman–Crippen MR) is 70.0 cm³/mol. The standard InChI is InChI=1S/C11H13BrFNO2S/c1-7(17(2)16)6-14-11(15)8-3-4-10(13)9(12)5-8/h3-5,7H,6H2,1-2H3,(H,14,15). The SMILES string of the molecule is CC(CNC(=O)c1ccc(F)c(Br)c1)S(C)=O. The molecule has 0 aliphatic carbocycles. The van der Waals surface area contributed by atoms with E-state index in [0.29, 0.717) is 12.1 Å². The van der Waals surface area contributed by atoms with Crippen LogP contribution in [0.5, 0.6) is 0 Å². The molecule has 94 valence electrons. The fourth-order valence-corrected chi connectivity index (χ4v) is 1.79. The summed E-state index contributed by atoms with van der Waals surface area (Å²) in [6.45, 7) is 2.12. The lowest BCUT2D eigenvalue weighted by molar-refractivity contribution is 0.0954. The second-order valence-corrected chi connectivity index (χ2v) is 6.30. The van der Waals surface area contributed by atoms with Crippen LogP contribution in [-0.4, -0.2) is 28.2 Å². The smallest absolute Gasteiger partial charge is 0.251 e. The van der Waals surface area contributed by atoms with Crippen LogP contribution in [-0.2, 0) is 10.8 Å². The van der Waals surface area contributed by atoms with Crippen molar-refractivity contribution in [1.29, 1.82) is 0 Å². The van der Waals surface area contributed by atoms with Crippen LogP contribution in [0.1, 0.15) is 17.3 Å². The summed E-state index contributed by atoms with van der Waals surface area (Å²) < 4.78 is 24.3. The van der Waals surface area contributed by atoms with Gasteiger partial charge in [0.25, 0.3) is 5.91 Å². The maximum absolute atomic E-state index is 13.0. The molecule has 0 spiro atoms. The molecule has 3 nitrogen and oxygen atoms in total. The fraction of sp³-hybridized carbons (Fsp3) is 0.364. The van der Waals surface area contributed by atoms with Gasteiger partial charge in [0.15, 0.2) is 0 Å². The van der Waals surface area contributed by atoms with E-state index >= 15 is 0 Å². The summed E-state index contributed by atoms with van der Waals surface area (Å²) in [7, 11) is -0.975. The molecule has 2 atom stereocenters. The number of rotatable bonds is 4. The molecule has 1 rings (SSSR count). The van der Waals surface area contributed by atoms with Crippen molar-refractivity contribution in [3.8, 4) is 0 Å². The van der Waals surface area contributed by atoms with E-state index < -0.39 is 16.6 Å². The molecule has 1 amide bonds. The maximum atomic E-state index is 13.0. The van der Waals surface area contributed by atoms with Crippen LogP contribution in [0.25, 0.3) is 0 Å². The van der Waals surface area contributed by atoms with Gasteiger partial charge in [-0.3, -0.25) is 9.00 Å². The summed E-state index contributed by atoms with van der Waals surface area (Å²) in [5.74, 6) is -0.715. The van der Waals surface area contributed by atoms with E-state index in [-0.39, 0.29) is 15.6 Å². The van der Waals surface area contributed by atoms with E-state index in [1.165, 1.54) is 18.2 Å². The van der Waals surface area contributed by atoms with Crippen LogP contribution in [0.2, 0.25) is 0 Å². The zero-order valence-corrected chi connectivity index (χ0v) is 11.9. The maximum Gasteiger partial charge on any atom is 0.251 e. The lowest BCUT2D eigenvalue weighted by Gasteiger charge is -2.10. The zero-order chi connectivity index (χ0) is 13.0. The third kappa shape index (κ3) is 4.20. The first kappa shape index (κ1) is 14.3. The normalized spacial score (nSPS) is 14.1. The highest BCUT2D eigenvalue weighted by Gasteiger charge is 2.11. The van der Waals surface area contributed by atoms with E-state index in [2.05, 4.69) is 21.2 Å². The molecule has 0 saturated carbocycles. The van der Waals surface area contributed by atoms with E-state index in [4.69, 9.17) is 0 Å². The fourth-order valence-electron chi connectivity index (χ4n) is 1.09. The monoisotopic (exact) mass is 321 g/mol. The summed E-state index contributed by atoms with van der Waals surface area (Å²) in [6, 6.07) is 4.04.